The summed E-state index contributed by atoms with van der Waals surface area (Å²) in [4.78, 5) is 2.41. The third kappa shape index (κ3) is 8.12. The third-order valence-corrected chi connectivity index (χ3v) is 3.28. The Balaban J connectivity index is 3.53. The van der Waals surface area contributed by atoms with Gasteiger partial charge in [-0.1, -0.05) is 26.7 Å². The van der Waals surface area contributed by atoms with Gasteiger partial charge in [0.1, 0.15) is 0 Å². The number of hydrogen-bond donors (Lipinski definition) is 1. The smallest absolute Gasteiger partial charge is 0.00668 e. The molecule has 0 aromatic rings. The van der Waals surface area contributed by atoms with Gasteiger partial charge >= 0.3 is 0 Å². The fraction of sp³-hybridized carbons (Fsp3) is 1.00. The summed E-state index contributed by atoms with van der Waals surface area (Å²) in [6, 6.07) is 1.42. The van der Waals surface area contributed by atoms with E-state index in [1.54, 1.807) is 0 Å². The van der Waals surface area contributed by atoms with Crippen molar-refractivity contribution < 1.29 is 0 Å². The molecule has 0 unspecified atom stereocenters. The van der Waals surface area contributed by atoms with Crippen LogP contribution in [-0.4, -0.2) is 37.1 Å². The highest BCUT2D eigenvalue weighted by Crippen LogP contribution is 2.04. The number of nitrogens with zero attached hydrogens (tertiary/aromatic N) is 1. The quantitative estimate of drug-likeness (QED) is 0.577. The van der Waals surface area contributed by atoms with Crippen molar-refractivity contribution in [2.24, 2.45) is 0 Å². The van der Waals surface area contributed by atoms with Gasteiger partial charge in [-0.25, -0.2) is 0 Å². The van der Waals surface area contributed by atoms with Gasteiger partial charge in [0.25, 0.3) is 0 Å². The van der Waals surface area contributed by atoms with Crippen LogP contribution in [0.3, 0.4) is 0 Å². The first kappa shape index (κ1) is 15.9. The minimum atomic E-state index is 0.669. The largest absolute Gasteiger partial charge is 0.314 e. The highest BCUT2D eigenvalue weighted by Gasteiger charge is 2.06. The summed E-state index contributed by atoms with van der Waals surface area (Å²) in [5, 5.41) is 3.69. The van der Waals surface area contributed by atoms with Gasteiger partial charge < -0.3 is 10.2 Å². The van der Waals surface area contributed by atoms with E-state index in [1.165, 1.54) is 45.2 Å². The third-order valence-electron chi connectivity index (χ3n) is 3.28. The lowest BCUT2D eigenvalue weighted by Gasteiger charge is -2.22. The molecule has 1 N–H and O–H groups in total. The normalized spacial score (nSPS) is 12.0. The highest BCUT2D eigenvalue weighted by molar-refractivity contribution is 4.66. The topological polar surface area (TPSA) is 15.3 Å². The minimum absolute atomic E-state index is 0.669. The van der Waals surface area contributed by atoms with E-state index in [0.717, 1.165) is 6.04 Å². The zero-order valence-electron chi connectivity index (χ0n) is 12.1. The zero-order chi connectivity index (χ0) is 12.4. The van der Waals surface area contributed by atoms with Crippen molar-refractivity contribution in [2.75, 3.05) is 20.1 Å². The second kappa shape index (κ2) is 10.1. The summed E-state index contributed by atoms with van der Waals surface area (Å²) < 4.78 is 0. The molecule has 2 heteroatoms. The van der Waals surface area contributed by atoms with Crippen LogP contribution in [0, 0.1) is 0 Å². The summed E-state index contributed by atoms with van der Waals surface area (Å²) in [5.41, 5.74) is 0. The van der Waals surface area contributed by atoms with Crippen molar-refractivity contribution >= 4 is 0 Å². The maximum Gasteiger partial charge on any atom is 0.00668 e. The van der Waals surface area contributed by atoms with E-state index in [2.05, 4.69) is 45.0 Å². The molecule has 0 aromatic heterocycles. The summed E-state index contributed by atoms with van der Waals surface area (Å²) in [7, 11) is 2.21. The van der Waals surface area contributed by atoms with Gasteiger partial charge in [0.15, 0.2) is 0 Å². The lowest BCUT2D eigenvalue weighted by atomic mass is 10.1. The first-order valence-corrected chi connectivity index (χ1v) is 7.05. The lowest BCUT2D eigenvalue weighted by molar-refractivity contribution is 0.266. The SMILES string of the molecule is CCCC(CCC)NCCCN(C)C(C)C. The monoisotopic (exact) mass is 228 g/mol. The van der Waals surface area contributed by atoms with E-state index in [9.17, 15) is 0 Å². The molecule has 0 amide bonds. The van der Waals surface area contributed by atoms with E-state index in [4.69, 9.17) is 0 Å². The molecule has 0 bridgehead atoms. The Morgan fingerprint density at radius 2 is 1.62 bits per heavy atom. The molecule has 0 saturated heterocycles. The van der Waals surface area contributed by atoms with Crippen LogP contribution in [0.15, 0.2) is 0 Å². The molecule has 0 fully saturated rings. The van der Waals surface area contributed by atoms with Crippen molar-refractivity contribution in [3.8, 4) is 0 Å². The molecular formula is C14H32N2. The maximum atomic E-state index is 3.69. The Kier molecular flexibility index (Phi) is 10.0. The second-order valence-electron chi connectivity index (χ2n) is 5.16. The van der Waals surface area contributed by atoms with E-state index >= 15 is 0 Å². The van der Waals surface area contributed by atoms with Gasteiger partial charge in [-0.05, 0) is 53.2 Å². The molecule has 0 aliphatic heterocycles. The minimum Gasteiger partial charge on any atom is -0.314 e. The average molecular weight is 228 g/mol. The highest BCUT2D eigenvalue weighted by atomic mass is 15.1. The van der Waals surface area contributed by atoms with Crippen LogP contribution < -0.4 is 5.32 Å². The van der Waals surface area contributed by atoms with Crippen LogP contribution in [0.1, 0.15) is 59.8 Å². The van der Waals surface area contributed by atoms with Crippen molar-refractivity contribution in [3.05, 3.63) is 0 Å². The van der Waals surface area contributed by atoms with Crippen LogP contribution in [-0.2, 0) is 0 Å². The van der Waals surface area contributed by atoms with E-state index < -0.39 is 0 Å². The van der Waals surface area contributed by atoms with Crippen LogP contribution in [0.25, 0.3) is 0 Å². The molecule has 0 saturated carbocycles. The van der Waals surface area contributed by atoms with Gasteiger partial charge in [0, 0.05) is 12.1 Å². The molecule has 0 rings (SSSR count). The van der Waals surface area contributed by atoms with Gasteiger partial charge in [-0.2, -0.15) is 0 Å². The molecule has 0 aliphatic carbocycles. The molecule has 16 heavy (non-hydrogen) atoms. The number of hydrogen-bond acceptors (Lipinski definition) is 2. The summed E-state index contributed by atoms with van der Waals surface area (Å²) in [5.74, 6) is 0. The summed E-state index contributed by atoms with van der Waals surface area (Å²) in [6.07, 6.45) is 6.51. The van der Waals surface area contributed by atoms with Crippen LogP contribution >= 0.6 is 0 Å². The lowest BCUT2D eigenvalue weighted by Crippen LogP contribution is -2.33. The van der Waals surface area contributed by atoms with E-state index in [1.807, 2.05) is 0 Å². The molecule has 0 heterocycles. The zero-order valence-corrected chi connectivity index (χ0v) is 12.1. The average Bonchev–Trinajstić information content (AvgIpc) is 2.24. The molecule has 2 nitrogen and oxygen atoms in total. The van der Waals surface area contributed by atoms with Crippen LogP contribution in [0.2, 0.25) is 0 Å². The van der Waals surface area contributed by atoms with Crippen LogP contribution in [0.5, 0.6) is 0 Å². The number of rotatable bonds is 10. The first-order valence-electron chi connectivity index (χ1n) is 7.05. The van der Waals surface area contributed by atoms with Gasteiger partial charge in [0.05, 0.1) is 0 Å². The maximum absolute atomic E-state index is 3.69. The Morgan fingerprint density at radius 1 is 1.06 bits per heavy atom. The van der Waals surface area contributed by atoms with Gasteiger partial charge in [-0.15, -0.1) is 0 Å². The Labute approximate surface area is 103 Å². The molecule has 0 atom stereocenters. The van der Waals surface area contributed by atoms with Crippen molar-refractivity contribution in [1.82, 2.24) is 10.2 Å². The van der Waals surface area contributed by atoms with Crippen molar-refractivity contribution in [1.29, 1.82) is 0 Å². The molecule has 0 spiro atoms. The fourth-order valence-corrected chi connectivity index (χ4v) is 1.94. The molecule has 0 aromatic carbocycles. The Hall–Kier alpha value is -0.0800. The summed E-state index contributed by atoms with van der Waals surface area (Å²) >= 11 is 0. The van der Waals surface area contributed by atoms with Crippen molar-refractivity contribution in [3.63, 3.8) is 0 Å². The van der Waals surface area contributed by atoms with Crippen LogP contribution in [0.4, 0.5) is 0 Å². The standard InChI is InChI=1S/C14H32N2/c1-6-9-14(10-7-2)15-11-8-12-16(5)13(3)4/h13-15H,6-12H2,1-5H3. The molecule has 0 aliphatic rings. The first-order chi connectivity index (χ1) is 7.61. The Morgan fingerprint density at radius 3 is 2.06 bits per heavy atom. The van der Waals surface area contributed by atoms with Crippen molar-refractivity contribution in [2.45, 2.75) is 71.9 Å². The molecular weight excluding hydrogens is 196 g/mol. The molecule has 0 radical (unpaired) electrons. The van der Waals surface area contributed by atoms with Gasteiger partial charge in [0.2, 0.25) is 0 Å². The van der Waals surface area contributed by atoms with Gasteiger partial charge in [-0.3, -0.25) is 0 Å². The summed E-state index contributed by atoms with van der Waals surface area (Å²) in [6.45, 7) is 11.4. The number of nitrogens with one attached hydrogen (secondary N) is 1. The second-order valence-corrected chi connectivity index (χ2v) is 5.16. The van der Waals surface area contributed by atoms with E-state index in [-0.39, 0.29) is 0 Å². The molecule has 98 valence electrons. The fourth-order valence-electron chi connectivity index (χ4n) is 1.94. The van der Waals surface area contributed by atoms with E-state index in [0.29, 0.717) is 6.04 Å². The Bertz CT molecular complexity index is 140. The predicted molar refractivity (Wildman–Crippen MR) is 74.0 cm³/mol. The predicted octanol–water partition coefficient (Wildman–Crippen LogP) is 3.28.